The predicted molar refractivity (Wildman–Crippen MR) is 83.9 cm³/mol. The van der Waals surface area contributed by atoms with Crippen LogP contribution in [0.3, 0.4) is 0 Å². The third-order valence-electron chi connectivity index (χ3n) is 3.23. The number of carbonyl (C=O) groups excluding carboxylic acids is 2. The number of nitrogens with one attached hydrogen (secondary N) is 1. The number of ether oxygens (including phenoxy) is 2. The molecule has 0 bridgehead atoms. The van der Waals surface area contributed by atoms with Gasteiger partial charge in [0.2, 0.25) is 0 Å². The van der Waals surface area contributed by atoms with Crippen LogP contribution in [0.25, 0.3) is 0 Å². The number of hydrogen-bond acceptors (Lipinski definition) is 5. The van der Waals surface area contributed by atoms with Gasteiger partial charge in [0, 0.05) is 11.4 Å². The maximum absolute atomic E-state index is 12.2. The van der Waals surface area contributed by atoms with E-state index in [2.05, 4.69) is 10.1 Å². The van der Waals surface area contributed by atoms with E-state index in [-0.39, 0.29) is 5.91 Å². The molecule has 1 aromatic heterocycles. The molecule has 7 heteroatoms. The van der Waals surface area contributed by atoms with E-state index in [0.29, 0.717) is 27.1 Å². The molecule has 0 fully saturated rings. The van der Waals surface area contributed by atoms with Crippen molar-refractivity contribution in [3.63, 3.8) is 0 Å². The van der Waals surface area contributed by atoms with E-state index in [0.717, 1.165) is 16.9 Å². The van der Waals surface area contributed by atoms with Gasteiger partial charge in [-0.05, 0) is 35.9 Å². The molecule has 1 N–H and O–H groups in total. The summed E-state index contributed by atoms with van der Waals surface area (Å²) in [4.78, 5) is 24.1. The van der Waals surface area contributed by atoms with Gasteiger partial charge in [-0.3, -0.25) is 4.79 Å². The minimum absolute atomic E-state index is 0.259. The summed E-state index contributed by atoms with van der Waals surface area (Å²) in [5, 5.41) is 3.93. The van der Waals surface area contributed by atoms with Crippen molar-refractivity contribution in [1.82, 2.24) is 0 Å². The highest BCUT2D eigenvalue weighted by Crippen LogP contribution is 2.32. The summed E-state index contributed by atoms with van der Waals surface area (Å²) in [7, 11) is 1.31. The van der Waals surface area contributed by atoms with Gasteiger partial charge >= 0.3 is 5.97 Å². The largest absolute Gasteiger partial charge is 0.480 e. The average molecular weight is 338 g/mol. The van der Waals surface area contributed by atoms with Crippen LogP contribution in [-0.4, -0.2) is 25.1 Å². The van der Waals surface area contributed by atoms with Crippen molar-refractivity contribution in [2.75, 3.05) is 12.4 Å². The van der Waals surface area contributed by atoms with Crippen LogP contribution in [0.1, 0.15) is 15.2 Å². The molecule has 0 saturated carbocycles. The minimum atomic E-state index is -0.600. The molecule has 2 aromatic rings. The van der Waals surface area contributed by atoms with Gasteiger partial charge in [0.1, 0.15) is 10.6 Å². The average Bonchev–Trinajstić information content (AvgIpc) is 3.12. The topological polar surface area (TPSA) is 64.6 Å². The molecule has 1 atom stereocenters. The van der Waals surface area contributed by atoms with Crippen molar-refractivity contribution in [2.45, 2.75) is 12.5 Å². The van der Waals surface area contributed by atoms with E-state index < -0.39 is 12.1 Å². The molecular formula is C15H12ClNO4S. The maximum Gasteiger partial charge on any atom is 0.348 e. The smallest absolute Gasteiger partial charge is 0.348 e. The number of esters is 1. The summed E-state index contributed by atoms with van der Waals surface area (Å²) in [6.45, 7) is 0. The van der Waals surface area contributed by atoms with E-state index in [1.807, 2.05) is 0 Å². The van der Waals surface area contributed by atoms with Crippen molar-refractivity contribution < 1.29 is 19.1 Å². The number of thiophene rings is 1. The number of carbonyl (C=O) groups is 2. The number of amides is 1. The Labute approximate surface area is 135 Å². The zero-order valence-electron chi connectivity index (χ0n) is 11.6. The summed E-state index contributed by atoms with van der Waals surface area (Å²) in [5.41, 5.74) is 0.911. The molecule has 0 saturated heterocycles. The van der Waals surface area contributed by atoms with E-state index in [9.17, 15) is 9.59 Å². The first-order valence-electron chi connectivity index (χ1n) is 6.51. The normalized spacial score (nSPS) is 15.8. The van der Waals surface area contributed by atoms with Crippen LogP contribution in [-0.2, 0) is 16.0 Å². The molecule has 0 radical (unpaired) electrons. The monoisotopic (exact) mass is 337 g/mol. The molecule has 1 unspecified atom stereocenters. The molecule has 3 rings (SSSR count). The Morgan fingerprint density at radius 2 is 2.18 bits per heavy atom. The van der Waals surface area contributed by atoms with Gasteiger partial charge in [-0.2, -0.15) is 0 Å². The van der Waals surface area contributed by atoms with Gasteiger partial charge in [0.25, 0.3) is 5.91 Å². The number of hydrogen-bond donors (Lipinski definition) is 1. The Balaban J connectivity index is 1.66. The highest BCUT2D eigenvalue weighted by atomic mass is 35.5. The minimum Gasteiger partial charge on any atom is -0.480 e. The lowest BCUT2D eigenvalue weighted by molar-refractivity contribution is -0.122. The first-order valence-corrected chi connectivity index (χ1v) is 7.70. The molecule has 1 amide bonds. The van der Waals surface area contributed by atoms with Crippen molar-refractivity contribution in [3.05, 3.63) is 45.8 Å². The van der Waals surface area contributed by atoms with Crippen LogP contribution in [0.5, 0.6) is 5.75 Å². The van der Waals surface area contributed by atoms with Crippen molar-refractivity contribution in [2.24, 2.45) is 0 Å². The number of halogens is 1. The molecule has 22 heavy (non-hydrogen) atoms. The summed E-state index contributed by atoms with van der Waals surface area (Å²) in [5.74, 6) is -0.0127. The maximum atomic E-state index is 12.2. The van der Waals surface area contributed by atoms with Crippen LogP contribution in [0.15, 0.2) is 30.3 Å². The molecule has 1 aliphatic rings. The lowest BCUT2D eigenvalue weighted by atomic mass is 10.1. The molecule has 0 aliphatic carbocycles. The Kier molecular flexibility index (Phi) is 4.04. The highest BCUT2D eigenvalue weighted by Gasteiger charge is 2.29. The molecule has 1 aliphatic heterocycles. The lowest BCUT2D eigenvalue weighted by Gasteiger charge is -2.09. The van der Waals surface area contributed by atoms with E-state index >= 15 is 0 Å². The summed E-state index contributed by atoms with van der Waals surface area (Å²) in [6.07, 6.45) is -0.131. The number of fused-ring (bicyclic) bond motifs is 1. The van der Waals surface area contributed by atoms with Crippen molar-refractivity contribution in [3.8, 4) is 5.75 Å². The standard InChI is InChI=1S/C15H12ClNO4S/c1-20-15(19)12-4-5-13(22-12)17-14(18)11-7-8-6-9(16)2-3-10(8)21-11/h2-6,11H,7H2,1H3,(H,17,18). The molecule has 5 nitrogen and oxygen atoms in total. The van der Waals surface area contributed by atoms with Gasteiger partial charge in [-0.25, -0.2) is 4.79 Å². The zero-order valence-corrected chi connectivity index (χ0v) is 13.2. The van der Waals surface area contributed by atoms with Gasteiger partial charge in [-0.15, -0.1) is 11.3 Å². The molecule has 114 valence electrons. The second-order valence-corrected chi connectivity index (χ2v) is 6.23. The first-order chi connectivity index (χ1) is 10.6. The van der Waals surface area contributed by atoms with Crippen LogP contribution in [0, 0.1) is 0 Å². The Hall–Kier alpha value is -2.05. The van der Waals surface area contributed by atoms with E-state index in [4.69, 9.17) is 16.3 Å². The highest BCUT2D eigenvalue weighted by molar-refractivity contribution is 7.18. The molecule has 0 spiro atoms. The third kappa shape index (κ3) is 2.93. The Bertz CT molecular complexity index is 743. The second kappa shape index (κ2) is 5.98. The number of benzene rings is 1. The summed E-state index contributed by atoms with van der Waals surface area (Å²) < 4.78 is 10.2. The third-order valence-corrected chi connectivity index (χ3v) is 4.44. The van der Waals surface area contributed by atoms with E-state index in [1.54, 1.807) is 30.3 Å². The fraction of sp³-hybridized carbons (Fsp3) is 0.200. The lowest BCUT2D eigenvalue weighted by Crippen LogP contribution is -2.31. The fourth-order valence-corrected chi connectivity index (χ4v) is 3.20. The Morgan fingerprint density at radius 3 is 2.95 bits per heavy atom. The van der Waals surface area contributed by atoms with Crippen LogP contribution >= 0.6 is 22.9 Å². The first kappa shape index (κ1) is 14.9. The second-order valence-electron chi connectivity index (χ2n) is 4.71. The van der Waals surface area contributed by atoms with E-state index in [1.165, 1.54) is 7.11 Å². The quantitative estimate of drug-likeness (QED) is 0.874. The van der Waals surface area contributed by atoms with Gasteiger partial charge < -0.3 is 14.8 Å². The van der Waals surface area contributed by atoms with Crippen LogP contribution in [0.4, 0.5) is 5.00 Å². The van der Waals surface area contributed by atoms with Crippen molar-refractivity contribution in [1.29, 1.82) is 0 Å². The van der Waals surface area contributed by atoms with Crippen LogP contribution < -0.4 is 10.1 Å². The number of rotatable bonds is 3. The van der Waals surface area contributed by atoms with Gasteiger partial charge in [0.15, 0.2) is 6.10 Å². The fourth-order valence-electron chi connectivity index (χ4n) is 2.18. The summed E-state index contributed by atoms with van der Waals surface area (Å²) in [6, 6.07) is 8.54. The van der Waals surface area contributed by atoms with Crippen LogP contribution in [0.2, 0.25) is 5.02 Å². The molecule has 2 heterocycles. The molecular weight excluding hydrogens is 326 g/mol. The predicted octanol–water partition coefficient (Wildman–Crippen LogP) is 3.13. The number of methoxy groups -OCH3 is 1. The summed E-state index contributed by atoms with van der Waals surface area (Å²) >= 11 is 7.08. The Morgan fingerprint density at radius 1 is 1.36 bits per heavy atom. The van der Waals surface area contributed by atoms with Gasteiger partial charge in [0.05, 0.1) is 12.1 Å². The zero-order chi connectivity index (χ0) is 15.7. The number of anilines is 1. The van der Waals surface area contributed by atoms with Crippen molar-refractivity contribution >= 4 is 39.8 Å². The molecule has 1 aromatic carbocycles. The van der Waals surface area contributed by atoms with Gasteiger partial charge in [-0.1, -0.05) is 11.6 Å². The SMILES string of the molecule is COC(=O)c1ccc(NC(=O)C2Cc3cc(Cl)ccc3O2)s1.